The van der Waals surface area contributed by atoms with Gasteiger partial charge in [-0.2, -0.15) is 0 Å². The summed E-state index contributed by atoms with van der Waals surface area (Å²) in [6.45, 7) is 3.51. The third-order valence-electron chi connectivity index (χ3n) is 2.45. The molecule has 2 rings (SSSR count). The monoisotopic (exact) mass is 261 g/mol. The highest BCUT2D eigenvalue weighted by Gasteiger charge is 2.08. The number of carbonyl (C=O) groups excluding carboxylic acids is 1. The van der Waals surface area contributed by atoms with Crippen LogP contribution in [0.25, 0.3) is 0 Å². The van der Waals surface area contributed by atoms with Gasteiger partial charge < -0.3 is 20.3 Å². The van der Waals surface area contributed by atoms with Gasteiger partial charge in [0.05, 0.1) is 0 Å². The summed E-state index contributed by atoms with van der Waals surface area (Å²) < 4.78 is 10.2. The first kappa shape index (κ1) is 12.9. The van der Waals surface area contributed by atoms with E-state index in [0.29, 0.717) is 23.0 Å². The summed E-state index contributed by atoms with van der Waals surface area (Å²) in [5.41, 5.74) is 7.17. The van der Waals surface area contributed by atoms with E-state index in [1.807, 2.05) is 6.92 Å². The van der Waals surface area contributed by atoms with Crippen LogP contribution < -0.4 is 15.8 Å². The van der Waals surface area contributed by atoms with Crippen molar-refractivity contribution >= 4 is 17.4 Å². The number of hydrogen-bond donors (Lipinski definition) is 2. The largest absolute Gasteiger partial charge is 0.483 e. The first-order chi connectivity index (χ1) is 9.04. The number of nitrogens with zero attached hydrogens (tertiary/aromatic N) is 1. The second kappa shape index (κ2) is 5.43. The minimum absolute atomic E-state index is 0.101. The molecule has 0 spiro atoms. The van der Waals surface area contributed by atoms with Crippen LogP contribution in [0.1, 0.15) is 11.3 Å². The third-order valence-corrected chi connectivity index (χ3v) is 2.45. The zero-order valence-electron chi connectivity index (χ0n) is 10.8. The predicted molar refractivity (Wildman–Crippen MR) is 71.0 cm³/mol. The predicted octanol–water partition coefficient (Wildman–Crippen LogP) is 1.89. The topological polar surface area (TPSA) is 90.4 Å². The number of carbonyl (C=O) groups is 1. The molecule has 0 aliphatic rings. The maximum absolute atomic E-state index is 11.6. The van der Waals surface area contributed by atoms with E-state index in [9.17, 15) is 4.79 Å². The molecule has 0 fully saturated rings. The minimum Gasteiger partial charge on any atom is -0.483 e. The lowest BCUT2D eigenvalue weighted by Gasteiger charge is -2.08. The first-order valence-electron chi connectivity index (χ1n) is 5.76. The van der Waals surface area contributed by atoms with Crippen molar-refractivity contribution in [2.75, 3.05) is 17.7 Å². The molecule has 2 aromatic rings. The SMILES string of the molecule is Cc1cc(NC(=O)COc2ccc(N)cc2C)no1. The number of aryl methyl sites for hydroxylation is 2. The Hall–Kier alpha value is -2.50. The van der Waals surface area contributed by atoms with Gasteiger partial charge >= 0.3 is 0 Å². The maximum Gasteiger partial charge on any atom is 0.263 e. The van der Waals surface area contributed by atoms with Gasteiger partial charge in [0.1, 0.15) is 11.5 Å². The number of nitrogens with one attached hydrogen (secondary N) is 1. The maximum atomic E-state index is 11.6. The van der Waals surface area contributed by atoms with Crippen LogP contribution in [0.4, 0.5) is 11.5 Å². The molecule has 1 heterocycles. The highest BCUT2D eigenvalue weighted by atomic mass is 16.5. The summed E-state index contributed by atoms with van der Waals surface area (Å²) in [5.74, 6) is 1.33. The van der Waals surface area contributed by atoms with Crippen LogP contribution in [0.2, 0.25) is 0 Å². The van der Waals surface area contributed by atoms with E-state index >= 15 is 0 Å². The average Bonchev–Trinajstić information content (AvgIpc) is 2.73. The molecule has 0 aliphatic carbocycles. The Morgan fingerprint density at radius 3 is 2.84 bits per heavy atom. The van der Waals surface area contributed by atoms with Crippen LogP contribution in [0, 0.1) is 13.8 Å². The molecule has 6 nitrogen and oxygen atoms in total. The zero-order chi connectivity index (χ0) is 13.8. The Kier molecular flexibility index (Phi) is 3.70. The molecule has 0 radical (unpaired) electrons. The summed E-state index contributed by atoms with van der Waals surface area (Å²) in [6, 6.07) is 6.88. The molecule has 0 saturated heterocycles. The smallest absolute Gasteiger partial charge is 0.263 e. The van der Waals surface area contributed by atoms with E-state index in [2.05, 4.69) is 10.5 Å². The molecule has 0 saturated carbocycles. The molecular formula is C13H15N3O3. The standard InChI is InChI=1S/C13H15N3O3/c1-8-5-10(14)3-4-11(8)18-7-13(17)15-12-6-9(2)19-16-12/h3-6H,7,14H2,1-2H3,(H,15,16,17). The van der Waals surface area contributed by atoms with Gasteiger partial charge in [-0.05, 0) is 37.6 Å². The van der Waals surface area contributed by atoms with E-state index in [-0.39, 0.29) is 12.5 Å². The van der Waals surface area contributed by atoms with Crippen molar-refractivity contribution in [1.82, 2.24) is 5.16 Å². The first-order valence-corrected chi connectivity index (χ1v) is 5.76. The van der Waals surface area contributed by atoms with Gasteiger partial charge in [-0.1, -0.05) is 5.16 Å². The van der Waals surface area contributed by atoms with Gasteiger partial charge in [0.25, 0.3) is 5.91 Å². The van der Waals surface area contributed by atoms with Crippen LogP contribution in [-0.2, 0) is 4.79 Å². The van der Waals surface area contributed by atoms with E-state index in [1.165, 1.54) is 0 Å². The minimum atomic E-state index is -0.301. The highest BCUT2D eigenvalue weighted by molar-refractivity contribution is 5.90. The van der Waals surface area contributed by atoms with Gasteiger partial charge in [0.2, 0.25) is 0 Å². The van der Waals surface area contributed by atoms with Crippen molar-refractivity contribution in [1.29, 1.82) is 0 Å². The Balaban J connectivity index is 1.89. The number of anilines is 2. The molecule has 0 aliphatic heterocycles. The van der Waals surface area contributed by atoms with Crippen molar-refractivity contribution in [2.24, 2.45) is 0 Å². The number of nitrogen functional groups attached to an aromatic ring is 1. The fourth-order valence-electron chi connectivity index (χ4n) is 1.58. The molecule has 0 bridgehead atoms. The molecule has 1 amide bonds. The van der Waals surface area contributed by atoms with Crippen molar-refractivity contribution < 1.29 is 14.1 Å². The lowest BCUT2D eigenvalue weighted by Crippen LogP contribution is -2.20. The fraction of sp³-hybridized carbons (Fsp3) is 0.231. The van der Waals surface area contributed by atoms with Crippen molar-refractivity contribution in [3.63, 3.8) is 0 Å². The second-order valence-corrected chi connectivity index (χ2v) is 4.18. The third kappa shape index (κ3) is 3.48. The van der Waals surface area contributed by atoms with Crippen molar-refractivity contribution in [3.8, 4) is 5.75 Å². The summed E-state index contributed by atoms with van der Waals surface area (Å²) in [5, 5.41) is 6.23. The molecule has 3 N–H and O–H groups in total. The van der Waals surface area contributed by atoms with E-state index in [0.717, 1.165) is 5.56 Å². The molecule has 6 heteroatoms. The van der Waals surface area contributed by atoms with Gasteiger partial charge in [0.15, 0.2) is 12.4 Å². The second-order valence-electron chi connectivity index (χ2n) is 4.18. The lowest BCUT2D eigenvalue weighted by atomic mass is 10.2. The summed E-state index contributed by atoms with van der Waals surface area (Å²) >= 11 is 0. The number of hydrogen-bond acceptors (Lipinski definition) is 5. The van der Waals surface area contributed by atoms with Crippen LogP contribution in [-0.4, -0.2) is 17.7 Å². The van der Waals surface area contributed by atoms with Crippen LogP contribution in [0.3, 0.4) is 0 Å². The molecule has 0 atom stereocenters. The number of rotatable bonds is 4. The molecular weight excluding hydrogens is 246 g/mol. The Bertz CT molecular complexity index is 593. The molecule has 0 unspecified atom stereocenters. The van der Waals surface area contributed by atoms with Gasteiger partial charge in [-0.25, -0.2) is 0 Å². The van der Waals surface area contributed by atoms with Crippen LogP contribution in [0.15, 0.2) is 28.8 Å². The fourth-order valence-corrected chi connectivity index (χ4v) is 1.58. The zero-order valence-corrected chi connectivity index (χ0v) is 10.8. The number of ether oxygens (including phenoxy) is 1. The van der Waals surface area contributed by atoms with Crippen LogP contribution in [0.5, 0.6) is 5.75 Å². The average molecular weight is 261 g/mol. The Morgan fingerprint density at radius 2 is 2.21 bits per heavy atom. The van der Waals surface area contributed by atoms with Crippen molar-refractivity contribution in [3.05, 3.63) is 35.6 Å². The molecule has 1 aromatic carbocycles. The van der Waals surface area contributed by atoms with Crippen LogP contribution >= 0.6 is 0 Å². The highest BCUT2D eigenvalue weighted by Crippen LogP contribution is 2.20. The summed E-state index contributed by atoms with van der Waals surface area (Å²) in [7, 11) is 0. The van der Waals surface area contributed by atoms with E-state index < -0.39 is 0 Å². The van der Waals surface area contributed by atoms with Gasteiger partial charge in [-0.3, -0.25) is 4.79 Å². The van der Waals surface area contributed by atoms with Gasteiger partial charge in [-0.15, -0.1) is 0 Å². The lowest BCUT2D eigenvalue weighted by molar-refractivity contribution is -0.118. The van der Waals surface area contributed by atoms with E-state index in [1.54, 1.807) is 31.2 Å². The Morgan fingerprint density at radius 1 is 1.42 bits per heavy atom. The quantitative estimate of drug-likeness (QED) is 0.820. The summed E-state index contributed by atoms with van der Waals surface area (Å²) in [4.78, 5) is 11.6. The van der Waals surface area contributed by atoms with Crippen molar-refractivity contribution in [2.45, 2.75) is 13.8 Å². The molecule has 1 aromatic heterocycles. The number of benzene rings is 1. The van der Waals surface area contributed by atoms with Gasteiger partial charge in [0, 0.05) is 11.8 Å². The molecule has 100 valence electrons. The number of aromatic nitrogens is 1. The Labute approximate surface area is 110 Å². The number of amides is 1. The normalized spacial score (nSPS) is 10.2. The van der Waals surface area contributed by atoms with E-state index in [4.69, 9.17) is 15.0 Å². The summed E-state index contributed by atoms with van der Waals surface area (Å²) in [6.07, 6.45) is 0. The number of nitrogens with two attached hydrogens (primary N) is 1. The molecule has 19 heavy (non-hydrogen) atoms.